The summed E-state index contributed by atoms with van der Waals surface area (Å²) in [6.45, 7) is 0. The van der Waals surface area contributed by atoms with Gasteiger partial charge in [0.25, 0.3) is 0 Å². The maximum absolute atomic E-state index is 6.23. The smallest absolute Gasteiger partial charge is 0.200 e. The Morgan fingerprint density at radius 2 is 1.29 bits per heavy atom. The highest BCUT2D eigenvalue weighted by Crippen LogP contribution is 2.34. The molecule has 0 saturated heterocycles. The van der Waals surface area contributed by atoms with Gasteiger partial charge in [0.1, 0.15) is 10.3 Å². The average molecular weight is 338 g/mol. The second-order valence-corrected chi connectivity index (χ2v) is 5.24. The van der Waals surface area contributed by atoms with Crippen LogP contribution in [0, 0.1) is 0 Å². The zero-order chi connectivity index (χ0) is 14.8. The summed E-state index contributed by atoms with van der Waals surface area (Å²) in [5.41, 5.74) is 1.34. The molecule has 0 saturated carbocycles. The third-order valence-corrected chi connectivity index (χ3v) is 3.52. The van der Waals surface area contributed by atoms with Crippen LogP contribution in [0.25, 0.3) is 22.8 Å². The highest BCUT2D eigenvalue weighted by Gasteiger charge is 2.15. The van der Waals surface area contributed by atoms with Gasteiger partial charge in [0.15, 0.2) is 5.82 Å². The third-order valence-electron chi connectivity index (χ3n) is 2.72. The minimum Gasteiger partial charge on any atom is -0.234 e. The van der Waals surface area contributed by atoms with E-state index in [1.54, 1.807) is 42.7 Å². The Morgan fingerprint density at radius 3 is 1.86 bits per heavy atom. The summed E-state index contributed by atoms with van der Waals surface area (Å²) in [7, 11) is 0. The average Bonchev–Trinajstić information content (AvgIpc) is 2.49. The number of rotatable bonds is 2. The second kappa shape index (κ2) is 5.93. The maximum atomic E-state index is 6.23. The normalized spacial score (nSPS) is 10.6. The summed E-state index contributed by atoms with van der Waals surface area (Å²) in [5, 5.41) is 1.10. The molecule has 3 aromatic rings. The zero-order valence-electron chi connectivity index (χ0n) is 10.5. The molecule has 0 bridgehead atoms. The lowest BCUT2D eigenvalue weighted by atomic mass is 10.1. The number of aromatic nitrogens is 4. The van der Waals surface area contributed by atoms with Crippen LogP contribution in [0.2, 0.25) is 15.3 Å². The van der Waals surface area contributed by atoms with E-state index in [1.807, 2.05) is 0 Å². The summed E-state index contributed by atoms with van der Waals surface area (Å²) in [4.78, 5) is 16.6. The van der Waals surface area contributed by atoms with Crippen molar-refractivity contribution in [3.8, 4) is 22.8 Å². The molecule has 0 radical (unpaired) electrons. The van der Waals surface area contributed by atoms with Crippen molar-refractivity contribution in [1.29, 1.82) is 0 Å². The largest absolute Gasteiger partial charge is 0.234 e. The minimum absolute atomic E-state index is 0.236. The Bertz CT molecular complexity index is 753. The van der Waals surface area contributed by atoms with Crippen molar-refractivity contribution in [3.63, 3.8) is 0 Å². The van der Waals surface area contributed by atoms with Crippen molar-refractivity contribution >= 4 is 34.8 Å². The SMILES string of the molecule is Clc1ccc(-c2c(Cl)nc(-c3ncccn3)nc2Cl)cc1. The molecule has 4 nitrogen and oxygen atoms in total. The summed E-state index contributed by atoms with van der Waals surface area (Å²) >= 11 is 18.3. The number of benzene rings is 1. The number of halogens is 3. The molecule has 0 aliphatic heterocycles. The number of hydrogen-bond acceptors (Lipinski definition) is 4. The van der Waals surface area contributed by atoms with Gasteiger partial charge in [-0.25, -0.2) is 19.9 Å². The Balaban J connectivity index is 2.11. The van der Waals surface area contributed by atoms with Gasteiger partial charge < -0.3 is 0 Å². The molecular weight excluding hydrogens is 331 g/mol. The van der Waals surface area contributed by atoms with Crippen molar-refractivity contribution < 1.29 is 0 Å². The first-order valence-electron chi connectivity index (χ1n) is 5.91. The van der Waals surface area contributed by atoms with Gasteiger partial charge in [0.2, 0.25) is 5.82 Å². The van der Waals surface area contributed by atoms with E-state index in [4.69, 9.17) is 34.8 Å². The van der Waals surface area contributed by atoms with Gasteiger partial charge in [-0.1, -0.05) is 46.9 Å². The molecule has 3 rings (SSSR count). The number of nitrogens with zero attached hydrogens (tertiary/aromatic N) is 4. The van der Waals surface area contributed by atoms with Crippen molar-refractivity contribution in [2.75, 3.05) is 0 Å². The first-order valence-corrected chi connectivity index (χ1v) is 7.05. The van der Waals surface area contributed by atoms with Crippen LogP contribution >= 0.6 is 34.8 Å². The lowest BCUT2D eigenvalue weighted by Gasteiger charge is -2.08. The minimum atomic E-state index is 0.236. The molecule has 1 aromatic carbocycles. The predicted molar refractivity (Wildman–Crippen MR) is 83.5 cm³/mol. The van der Waals surface area contributed by atoms with Crippen LogP contribution in [-0.4, -0.2) is 19.9 Å². The summed E-state index contributed by atoms with van der Waals surface area (Å²) in [6.07, 6.45) is 3.20. The first-order chi connectivity index (χ1) is 10.1. The quantitative estimate of drug-likeness (QED) is 0.643. The lowest BCUT2D eigenvalue weighted by molar-refractivity contribution is 1.08. The number of hydrogen-bond donors (Lipinski definition) is 0. The first kappa shape index (κ1) is 14.2. The van der Waals surface area contributed by atoms with Crippen LogP contribution in [0.5, 0.6) is 0 Å². The van der Waals surface area contributed by atoms with E-state index < -0.39 is 0 Å². The van der Waals surface area contributed by atoms with Gasteiger partial charge >= 0.3 is 0 Å². The van der Waals surface area contributed by atoms with E-state index in [1.165, 1.54) is 0 Å². The van der Waals surface area contributed by atoms with E-state index in [9.17, 15) is 0 Å². The zero-order valence-corrected chi connectivity index (χ0v) is 12.7. The standard InChI is InChI=1S/C14H7Cl3N4/c15-9-4-2-8(3-5-9)10-11(16)20-14(21-12(10)17)13-18-6-1-7-19-13/h1-7H. The predicted octanol–water partition coefficient (Wildman–Crippen LogP) is 4.56. The lowest BCUT2D eigenvalue weighted by Crippen LogP contribution is -1.97. The van der Waals surface area contributed by atoms with Crippen LogP contribution in [0.1, 0.15) is 0 Å². The van der Waals surface area contributed by atoms with Gasteiger partial charge in [-0.15, -0.1) is 0 Å². The van der Waals surface area contributed by atoms with Gasteiger partial charge in [-0.2, -0.15) is 0 Å². The van der Waals surface area contributed by atoms with Crippen LogP contribution in [0.3, 0.4) is 0 Å². The fraction of sp³-hybridized carbons (Fsp3) is 0. The molecule has 0 N–H and O–H groups in total. The molecule has 0 fully saturated rings. The van der Waals surface area contributed by atoms with E-state index >= 15 is 0 Å². The molecule has 0 amide bonds. The monoisotopic (exact) mass is 336 g/mol. The van der Waals surface area contributed by atoms with Crippen LogP contribution in [0.4, 0.5) is 0 Å². The Kier molecular flexibility index (Phi) is 4.01. The van der Waals surface area contributed by atoms with Crippen LogP contribution in [0.15, 0.2) is 42.7 Å². The topological polar surface area (TPSA) is 51.6 Å². The Labute approximate surface area is 135 Å². The molecule has 0 aliphatic carbocycles. The molecule has 0 unspecified atom stereocenters. The molecule has 104 valence electrons. The molecule has 0 aliphatic rings. The molecule has 2 aromatic heterocycles. The summed E-state index contributed by atoms with van der Waals surface area (Å²) in [5.74, 6) is 0.646. The molecule has 0 spiro atoms. The van der Waals surface area contributed by atoms with E-state index in [-0.39, 0.29) is 16.1 Å². The van der Waals surface area contributed by atoms with Gasteiger partial charge in [-0.05, 0) is 23.8 Å². The van der Waals surface area contributed by atoms with Crippen molar-refractivity contribution in [1.82, 2.24) is 19.9 Å². The fourth-order valence-electron chi connectivity index (χ4n) is 1.78. The molecule has 7 heteroatoms. The van der Waals surface area contributed by atoms with Crippen LogP contribution < -0.4 is 0 Å². The molecular formula is C14H7Cl3N4. The van der Waals surface area contributed by atoms with Crippen molar-refractivity contribution in [3.05, 3.63) is 58.1 Å². The molecule has 0 atom stereocenters. The maximum Gasteiger partial charge on any atom is 0.200 e. The van der Waals surface area contributed by atoms with Gasteiger partial charge in [0, 0.05) is 17.4 Å². The van der Waals surface area contributed by atoms with Gasteiger partial charge in [0.05, 0.1) is 5.56 Å². The Hall–Kier alpha value is -1.75. The summed E-state index contributed by atoms with van der Waals surface area (Å²) < 4.78 is 0. The highest BCUT2D eigenvalue weighted by atomic mass is 35.5. The Morgan fingerprint density at radius 1 is 0.714 bits per heavy atom. The fourth-order valence-corrected chi connectivity index (χ4v) is 2.51. The third kappa shape index (κ3) is 2.97. The highest BCUT2D eigenvalue weighted by molar-refractivity contribution is 6.38. The van der Waals surface area contributed by atoms with Crippen molar-refractivity contribution in [2.24, 2.45) is 0 Å². The van der Waals surface area contributed by atoms with E-state index in [0.29, 0.717) is 16.4 Å². The van der Waals surface area contributed by atoms with Gasteiger partial charge in [-0.3, -0.25) is 0 Å². The van der Waals surface area contributed by atoms with E-state index in [0.717, 1.165) is 5.56 Å². The molecule has 21 heavy (non-hydrogen) atoms. The van der Waals surface area contributed by atoms with Crippen LogP contribution in [-0.2, 0) is 0 Å². The van der Waals surface area contributed by atoms with E-state index in [2.05, 4.69) is 19.9 Å². The summed E-state index contributed by atoms with van der Waals surface area (Å²) in [6, 6.07) is 8.80. The molecule has 2 heterocycles. The van der Waals surface area contributed by atoms with Crippen molar-refractivity contribution in [2.45, 2.75) is 0 Å². The second-order valence-electron chi connectivity index (χ2n) is 4.08.